The zero-order chi connectivity index (χ0) is 14.7. The van der Waals surface area contributed by atoms with Crippen molar-refractivity contribution in [3.8, 4) is 5.75 Å². The lowest BCUT2D eigenvalue weighted by molar-refractivity contribution is -0.384. The normalized spacial score (nSPS) is 14.8. The number of halogens is 1. The Balaban J connectivity index is 2.47. The number of hydrogen-bond acceptors (Lipinski definition) is 5. The molecule has 0 atom stereocenters. The third kappa shape index (κ3) is 2.67. The summed E-state index contributed by atoms with van der Waals surface area (Å²) < 4.78 is 18.6. The van der Waals surface area contributed by atoms with Gasteiger partial charge in [0, 0.05) is 25.7 Å². The van der Waals surface area contributed by atoms with Gasteiger partial charge in [0.1, 0.15) is 5.69 Å². The summed E-state index contributed by atoms with van der Waals surface area (Å²) in [5.41, 5.74) is 0.199. The lowest BCUT2D eigenvalue weighted by Crippen LogP contribution is -2.57. The summed E-state index contributed by atoms with van der Waals surface area (Å²) in [6, 6.07) is 2.55. The first-order valence-corrected chi connectivity index (χ1v) is 6.57. The van der Waals surface area contributed by atoms with Crippen molar-refractivity contribution in [1.82, 2.24) is 5.32 Å². The second-order valence-corrected chi connectivity index (χ2v) is 4.74. The molecule has 1 N–H and O–H groups in total. The van der Waals surface area contributed by atoms with Gasteiger partial charge in [-0.3, -0.25) is 10.1 Å². The Morgan fingerprint density at radius 3 is 2.70 bits per heavy atom. The summed E-state index contributed by atoms with van der Waals surface area (Å²) in [4.78, 5) is 12.6. The summed E-state index contributed by atoms with van der Waals surface area (Å²) in [5, 5.41) is 14.3. The molecule has 0 saturated carbocycles. The van der Waals surface area contributed by atoms with E-state index in [1.807, 2.05) is 11.8 Å². The van der Waals surface area contributed by atoms with Crippen molar-refractivity contribution < 1.29 is 14.1 Å². The molecule has 0 unspecified atom stereocenters. The number of methoxy groups -OCH3 is 1. The van der Waals surface area contributed by atoms with Gasteiger partial charge in [-0.1, -0.05) is 6.92 Å². The first-order chi connectivity index (χ1) is 9.58. The highest BCUT2D eigenvalue weighted by atomic mass is 19.1. The molecule has 0 spiro atoms. The molecule has 0 radical (unpaired) electrons. The summed E-state index contributed by atoms with van der Waals surface area (Å²) >= 11 is 0. The molecule has 1 aromatic carbocycles. The molecule has 1 heterocycles. The molecule has 0 amide bonds. The molecule has 0 bridgehead atoms. The van der Waals surface area contributed by atoms with Crippen LogP contribution >= 0.6 is 0 Å². The van der Waals surface area contributed by atoms with Gasteiger partial charge in [-0.2, -0.15) is 0 Å². The van der Waals surface area contributed by atoms with Crippen molar-refractivity contribution >= 4 is 11.4 Å². The van der Waals surface area contributed by atoms with E-state index < -0.39 is 10.7 Å². The predicted molar refractivity (Wildman–Crippen MR) is 73.9 cm³/mol. The van der Waals surface area contributed by atoms with E-state index in [0.29, 0.717) is 12.2 Å². The fraction of sp³-hybridized carbons (Fsp3) is 0.538. The first-order valence-electron chi connectivity index (χ1n) is 6.57. The van der Waals surface area contributed by atoms with Crippen LogP contribution in [0, 0.1) is 15.9 Å². The van der Waals surface area contributed by atoms with E-state index in [4.69, 9.17) is 4.74 Å². The zero-order valence-electron chi connectivity index (χ0n) is 11.6. The van der Waals surface area contributed by atoms with Gasteiger partial charge < -0.3 is 15.0 Å². The lowest BCUT2D eigenvalue weighted by Gasteiger charge is -2.39. The van der Waals surface area contributed by atoms with E-state index in [-0.39, 0.29) is 17.5 Å². The molecule has 7 heteroatoms. The van der Waals surface area contributed by atoms with Crippen LogP contribution in [0.5, 0.6) is 5.75 Å². The molecule has 6 nitrogen and oxygen atoms in total. The Labute approximate surface area is 116 Å². The van der Waals surface area contributed by atoms with Crippen molar-refractivity contribution in [3.63, 3.8) is 0 Å². The summed E-state index contributed by atoms with van der Waals surface area (Å²) in [7, 11) is 1.35. The van der Waals surface area contributed by atoms with Gasteiger partial charge >= 0.3 is 0 Å². The predicted octanol–water partition coefficient (Wildman–Crippen LogP) is 1.93. The van der Waals surface area contributed by atoms with Gasteiger partial charge in [0.2, 0.25) is 0 Å². The third-order valence-electron chi connectivity index (χ3n) is 3.42. The van der Waals surface area contributed by atoms with E-state index in [9.17, 15) is 14.5 Å². The molecule has 0 aromatic heterocycles. The van der Waals surface area contributed by atoms with Crippen molar-refractivity contribution in [2.24, 2.45) is 0 Å². The minimum atomic E-state index is -0.717. The van der Waals surface area contributed by atoms with Crippen LogP contribution in [0.25, 0.3) is 0 Å². The van der Waals surface area contributed by atoms with Crippen molar-refractivity contribution in [2.75, 3.05) is 31.6 Å². The second kappa shape index (κ2) is 6.04. The molecule has 20 heavy (non-hydrogen) atoms. The van der Waals surface area contributed by atoms with Crippen molar-refractivity contribution in [2.45, 2.75) is 19.4 Å². The number of hydrogen-bond donors (Lipinski definition) is 1. The molecule has 110 valence electrons. The molecule has 2 rings (SSSR count). The highest BCUT2D eigenvalue weighted by molar-refractivity contribution is 5.67. The second-order valence-electron chi connectivity index (χ2n) is 4.74. The highest BCUT2D eigenvalue weighted by Crippen LogP contribution is 2.36. The van der Waals surface area contributed by atoms with Crippen LogP contribution in [0.2, 0.25) is 0 Å². The minimum absolute atomic E-state index is 0.0268. The van der Waals surface area contributed by atoms with Gasteiger partial charge in [-0.15, -0.1) is 0 Å². The van der Waals surface area contributed by atoms with Crippen molar-refractivity contribution in [1.29, 1.82) is 0 Å². The van der Waals surface area contributed by atoms with Crippen LogP contribution in [0.15, 0.2) is 12.1 Å². The summed E-state index contributed by atoms with van der Waals surface area (Å²) in [6.07, 6.45) is 0.855. The van der Waals surface area contributed by atoms with Crippen molar-refractivity contribution in [3.05, 3.63) is 28.1 Å². The molecular weight excluding hydrogens is 265 g/mol. The maximum Gasteiger partial charge on any atom is 0.295 e. The Bertz CT molecular complexity index is 506. The summed E-state index contributed by atoms with van der Waals surface area (Å²) in [5.74, 6) is -0.690. The number of nitrogens with zero attached hydrogens (tertiary/aromatic N) is 2. The molecule has 0 aliphatic carbocycles. The molecule has 1 saturated heterocycles. The van der Waals surface area contributed by atoms with E-state index in [0.717, 1.165) is 25.6 Å². The molecule has 1 aromatic rings. The number of ether oxygens (including phenoxy) is 1. The zero-order valence-corrected chi connectivity index (χ0v) is 11.6. The first kappa shape index (κ1) is 14.5. The maximum atomic E-state index is 13.7. The highest BCUT2D eigenvalue weighted by Gasteiger charge is 2.30. The van der Waals surface area contributed by atoms with Gasteiger partial charge in [-0.05, 0) is 6.42 Å². The minimum Gasteiger partial charge on any atom is -0.494 e. The maximum absolute atomic E-state index is 13.7. The Kier molecular flexibility index (Phi) is 4.39. The molecule has 1 aliphatic heterocycles. The third-order valence-corrected chi connectivity index (χ3v) is 3.42. The van der Waals surface area contributed by atoms with Crippen LogP contribution in [-0.4, -0.2) is 37.7 Å². The van der Waals surface area contributed by atoms with Crippen LogP contribution in [0.4, 0.5) is 15.8 Å². The average molecular weight is 283 g/mol. The average Bonchev–Trinajstić information content (AvgIpc) is 2.35. The lowest BCUT2D eigenvalue weighted by atomic mass is 10.1. The number of anilines is 1. The fourth-order valence-electron chi connectivity index (χ4n) is 2.30. The summed E-state index contributed by atoms with van der Waals surface area (Å²) in [6.45, 7) is 4.24. The van der Waals surface area contributed by atoms with Gasteiger partial charge in [0.25, 0.3) is 5.69 Å². The van der Waals surface area contributed by atoms with Crippen LogP contribution in [-0.2, 0) is 0 Å². The Hall–Kier alpha value is -1.89. The topological polar surface area (TPSA) is 67.6 Å². The Morgan fingerprint density at radius 2 is 2.25 bits per heavy atom. The molecular formula is C13H18FN3O3. The fourth-order valence-corrected chi connectivity index (χ4v) is 2.30. The quantitative estimate of drug-likeness (QED) is 0.638. The number of nitrogens with one attached hydrogen (secondary N) is 1. The van der Waals surface area contributed by atoms with Crippen LogP contribution in [0.3, 0.4) is 0 Å². The van der Waals surface area contributed by atoms with Crippen LogP contribution < -0.4 is 15.0 Å². The Morgan fingerprint density at radius 1 is 1.55 bits per heavy atom. The SMILES string of the molecule is CCCN(c1cc(OC)c(F)cc1[N+](=O)[O-])C1CNC1. The van der Waals surface area contributed by atoms with Gasteiger partial charge in [0.15, 0.2) is 11.6 Å². The number of nitro benzene ring substituents is 1. The standard InChI is InChI=1S/C13H18FN3O3/c1-3-4-16(9-7-15-8-9)11-6-13(20-2)10(14)5-12(11)17(18)19/h5-6,9,15H,3-4,7-8H2,1-2H3. The van der Waals surface area contributed by atoms with E-state index in [2.05, 4.69) is 5.32 Å². The smallest absolute Gasteiger partial charge is 0.295 e. The number of rotatable bonds is 6. The van der Waals surface area contributed by atoms with E-state index in [1.54, 1.807) is 0 Å². The molecule has 1 aliphatic rings. The number of nitro groups is 1. The largest absolute Gasteiger partial charge is 0.494 e. The van der Waals surface area contributed by atoms with E-state index in [1.165, 1.54) is 13.2 Å². The van der Waals surface area contributed by atoms with E-state index >= 15 is 0 Å². The molecule has 1 fully saturated rings. The van der Waals surface area contributed by atoms with Gasteiger partial charge in [-0.25, -0.2) is 4.39 Å². The van der Waals surface area contributed by atoms with Crippen LogP contribution in [0.1, 0.15) is 13.3 Å². The monoisotopic (exact) mass is 283 g/mol. The number of benzene rings is 1. The van der Waals surface area contributed by atoms with Gasteiger partial charge in [0.05, 0.1) is 24.1 Å².